The fourth-order valence-electron chi connectivity index (χ4n) is 2.85. The van der Waals surface area contributed by atoms with Gasteiger partial charge in [-0.15, -0.1) is 0 Å². The summed E-state index contributed by atoms with van der Waals surface area (Å²) in [5.74, 6) is -1.45. The number of hydrogen-bond acceptors (Lipinski definition) is 6. The van der Waals surface area contributed by atoms with Crippen LogP contribution in [0.5, 0.6) is 11.5 Å². The van der Waals surface area contributed by atoms with E-state index in [1.54, 1.807) is 26.7 Å². The number of carboxylic acids is 1. The monoisotopic (exact) mass is 434 g/mol. The molecule has 0 aliphatic rings. The summed E-state index contributed by atoms with van der Waals surface area (Å²) in [4.78, 5) is 17.8. The average Bonchev–Trinajstić information content (AvgIpc) is 3.17. The predicted octanol–water partition coefficient (Wildman–Crippen LogP) is 3.81. The fourth-order valence-corrected chi connectivity index (χ4v) is 2.85. The highest BCUT2D eigenvalue weighted by Crippen LogP contribution is 2.35. The quantitative estimate of drug-likeness (QED) is 0.472. The van der Waals surface area contributed by atoms with Crippen LogP contribution in [-0.4, -0.2) is 46.0 Å². The Labute approximate surface area is 173 Å². The van der Waals surface area contributed by atoms with Gasteiger partial charge >= 0.3 is 12.1 Å². The van der Waals surface area contributed by atoms with Crippen LogP contribution in [0, 0.1) is 0 Å². The van der Waals surface area contributed by atoms with E-state index in [0.29, 0.717) is 11.5 Å². The number of pyridine rings is 1. The number of carboxylic acid groups (broad SMARTS) is 1. The number of aliphatic carboxylic acids is 1. The molecule has 8 nitrogen and oxygen atoms in total. The minimum atomic E-state index is -5.08. The second-order valence-electron chi connectivity index (χ2n) is 6.23. The number of anilines is 1. The van der Waals surface area contributed by atoms with Crippen molar-refractivity contribution in [3.8, 4) is 17.2 Å². The number of benzene rings is 2. The lowest BCUT2D eigenvalue weighted by molar-refractivity contribution is -0.192. The number of imidazole rings is 1. The van der Waals surface area contributed by atoms with Gasteiger partial charge in [-0.25, -0.2) is 9.78 Å². The number of ether oxygens (including phenoxy) is 2. The van der Waals surface area contributed by atoms with Crippen LogP contribution in [-0.2, 0) is 4.79 Å². The summed E-state index contributed by atoms with van der Waals surface area (Å²) in [7, 11) is 3.23. The molecular weight excluding hydrogens is 417 g/mol. The summed E-state index contributed by atoms with van der Waals surface area (Å²) in [5, 5.41) is 8.07. The van der Waals surface area contributed by atoms with Crippen molar-refractivity contribution in [3.05, 3.63) is 48.9 Å². The fraction of sp³-hybridized carbons (Fsp3) is 0.150. The summed E-state index contributed by atoms with van der Waals surface area (Å²) in [6.45, 7) is 0. The summed E-state index contributed by atoms with van der Waals surface area (Å²) in [6, 6.07) is 11.5. The maximum absolute atomic E-state index is 10.6. The average molecular weight is 434 g/mol. The third-order valence-electron chi connectivity index (χ3n) is 4.29. The Morgan fingerprint density at radius 1 is 1.03 bits per heavy atom. The number of aromatic nitrogens is 3. The third-order valence-corrected chi connectivity index (χ3v) is 4.29. The molecule has 3 N–H and O–H groups in total. The van der Waals surface area contributed by atoms with E-state index in [1.165, 1.54) is 0 Å². The van der Waals surface area contributed by atoms with E-state index in [4.69, 9.17) is 25.1 Å². The molecule has 0 amide bonds. The first-order valence-corrected chi connectivity index (χ1v) is 8.69. The zero-order valence-corrected chi connectivity index (χ0v) is 16.3. The number of nitrogen functional groups attached to an aromatic ring is 1. The van der Waals surface area contributed by atoms with Crippen molar-refractivity contribution in [2.75, 3.05) is 20.0 Å². The molecule has 2 heterocycles. The molecule has 4 rings (SSSR count). The molecular formula is C20H17F3N4O4. The number of carbonyl (C=O) groups is 1. The molecule has 11 heteroatoms. The second-order valence-corrected chi connectivity index (χ2v) is 6.23. The van der Waals surface area contributed by atoms with Crippen molar-refractivity contribution in [1.82, 2.24) is 14.5 Å². The molecule has 0 aliphatic carbocycles. The number of methoxy groups -OCH3 is 2. The van der Waals surface area contributed by atoms with Gasteiger partial charge in [-0.3, -0.25) is 9.55 Å². The van der Waals surface area contributed by atoms with Crippen molar-refractivity contribution in [3.63, 3.8) is 0 Å². The molecule has 0 unspecified atom stereocenters. The second kappa shape index (κ2) is 8.38. The topological polar surface area (TPSA) is 112 Å². The predicted molar refractivity (Wildman–Crippen MR) is 108 cm³/mol. The molecule has 0 aliphatic heterocycles. The van der Waals surface area contributed by atoms with Gasteiger partial charge in [-0.1, -0.05) is 0 Å². The highest BCUT2D eigenvalue weighted by Gasteiger charge is 2.38. The number of nitrogens with two attached hydrogens (primary N) is 1. The lowest BCUT2D eigenvalue weighted by atomic mass is 10.1. The van der Waals surface area contributed by atoms with Crippen molar-refractivity contribution in [2.24, 2.45) is 0 Å². The Morgan fingerprint density at radius 2 is 1.61 bits per heavy atom. The van der Waals surface area contributed by atoms with Crippen LogP contribution >= 0.6 is 0 Å². The molecule has 0 atom stereocenters. The van der Waals surface area contributed by atoms with Gasteiger partial charge in [0.05, 0.1) is 31.4 Å². The van der Waals surface area contributed by atoms with Gasteiger partial charge in [0.1, 0.15) is 11.8 Å². The highest BCUT2D eigenvalue weighted by atomic mass is 19.4. The first kappa shape index (κ1) is 21.7. The maximum Gasteiger partial charge on any atom is 0.490 e. The zero-order chi connectivity index (χ0) is 22.8. The Kier molecular flexibility index (Phi) is 5.86. The molecule has 31 heavy (non-hydrogen) atoms. The number of rotatable bonds is 3. The number of nitrogens with zero attached hydrogens (tertiary/aromatic N) is 3. The number of alkyl halides is 3. The van der Waals surface area contributed by atoms with Crippen molar-refractivity contribution in [1.29, 1.82) is 0 Å². The van der Waals surface area contributed by atoms with Gasteiger partial charge in [-0.05, 0) is 30.3 Å². The van der Waals surface area contributed by atoms with Crippen molar-refractivity contribution in [2.45, 2.75) is 6.18 Å². The van der Waals surface area contributed by atoms with Gasteiger partial charge in [0.15, 0.2) is 11.5 Å². The van der Waals surface area contributed by atoms with Crippen molar-refractivity contribution < 1.29 is 32.5 Å². The largest absolute Gasteiger partial charge is 0.493 e. The summed E-state index contributed by atoms with van der Waals surface area (Å²) in [6.07, 6.45) is -1.54. The molecule has 0 saturated heterocycles. The minimum Gasteiger partial charge on any atom is -0.493 e. The van der Waals surface area contributed by atoms with E-state index < -0.39 is 12.1 Å². The molecule has 2 aromatic heterocycles. The standard InChI is InChI=1S/C18H16N4O2.C2HF3O2/c1-23-16-7-13-14(8-17(16)24-2)20-9-15-18(13)22(10-21-15)12-5-3-11(19)4-6-12;3-2(4,5)1(6)7/h3-10H,19H2,1-2H3;(H,6,7). The van der Waals surface area contributed by atoms with Crippen molar-refractivity contribution >= 4 is 33.6 Å². The van der Waals surface area contributed by atoms with E-state index in [2.05, 4.69) is 9.97 Å². The molecule has 0 radical (unpaired) electrons. The lowest BCUT2D eigenvalue weighted by Crippen LogP contribution is -2.21. The minimum absolute atomic E-state index is 0.649. The van der Waals surface area contributed by atoms with Gasteiger partial charge in [0.25, 0.3) is 0 Å². The summed E-state index contributed by atoms with van der Waals surface area (Å²) >= 11 is 0. The molecule has 0 bridgehead atoms. The first-order valence-electron chi connectivity index (χ1n) is 8.69. The Hall–Kier alpha value is -4.02. The molecule has 0 fully saturated rings. The van der Waals surface area contributed by atoms with Gasteiger partial charge in [0.2, 0.25) is 0 Å². The van der Waals surface area contributed by atoms with Crippen LogP contribution in [0.25, 0.3) is 27.6 Å². The highest BCUT2D eigenvalue weighted by molar-refractivity contribution is 6.04. The van der Waals surface area contributed by atoms with Crippen LogP contribution in [0.1, 0.15) is 0 Å². The summed E-state index contributed by atoms with van der Waals surface area (Å²) in [5.41, 5.74) is 10.1. The van der Waals surface area contributed by atoms with E-state index >= 15 is 0 Å². The molecule has 4 aromatic rings. The smallest absolute Gasteiger partial charge is 0.490 e. The van der Waals surface area contributed by atoms with Crippen LogP contribution in [0.4, 0.5) is 18.9 Å². The maximum atomic E-state index is 10.6. The van der Waals surface area contributed by atoms with Crippen LogP contribution in [0.2, 0.25) is 0 Å². The Balaban J connectivity index is 0.000000339. The third kappa shape index (κ3) is 4.44. The molecule has 0 spiro atoms. The lowest BCUT2D eigenvalue weighted by Gasteiger charge is -2.11. The zero-order valence-electron chi connectivity index (χ0n) is 16.3. The van der Waals surface area contributed by atoms with E-state index in [0.717, 1.165) is 33.3 Å². The number of hydrogen-bond donors (Lipinski definition) is 2. The molecule has 2 aromatic carbocycles. The van der Waals surface area contributed by atoms with E-state index in [9.17, 15) is 13.2 Å². The van der Waals surface area contributed by atoms with E-state index in [-0.39, 0.29) is 0 Å². The number of fused-ring (bicyclic) bond motifs is 3. The number of halogens is 3. The SMILES string of the molecule is COc1cc2ncc3ncn(-c4ccc(N)cc4)c3c2cc1OC.O=C(O)C(F)(F)F. The normalized spacial score (nSPS) is 11.1. The Morgan fingerprint density at radius 3 is 2.16 bits per heavy atom. The molecule has 162 valence electrons. The van der Waals surface area contributed by atoms with Crippen LogP contribution in [0.15, 0.2) is 48.9 Å². The van der Waals surface area contributed by atoms with Gasteiger partial charge in [0, 0.05) is 22.8 Å². The van der Waals surface area contributed by atoms with E-state index in [1.807, 2.05) is 41.0 Å². The Bertz CT molecular complexity index is 1240. The van der Waals surface area contributed by atoms with Crippen LogP contribution in [0.3, 0.4) is 0 Å². The van der Waals surface area contributed by atoms with Crippen LogP contribution < -0.4 is 15.2 Å². The first-order chi connectivity index (χ1) is 14.7. The van der Waals surface area contributed by atoms with Gasteiger partial charge in [-0.2, -0.15) is 13.2 Å². The van der Waals surface area contributed by atoms with Gasteiger partial charge < -0.3 is 20.3 Å². The molecule has 0 saturated carbocycles. The summed E-state index contributed by atoms with van der Waals surface area (Å²) < 4.78 is 44.6.